The van der Waals surface area contributed by atoms with Crippen molar-refractivity contribution < 1.29 is 27.9 Å². The van der Waals surface area contributed by atoms with Crippen LogP contribution in [0.3, 0.4) is 0 Å². The molecule has 0 radical (unpaired) electrons. The van der Waals surface area contributed by atoms with Crippen LogP contribution in [0.2, 0.25) is 0 Å². The predicted molar refractivity (Wildman–Crippen MR) is 112 cm³/mol. The minimum Gasteiger partial charge on any atom is -0.395 e. The van der Waals surface area contributed by atoms with Gasteiger partial charge in [0.15, 0.2) is 0 Å². The number of amides is 2. The van der Waals surface area contributed by atoms with Gasteiger partial charge in [0.2, 0.25) is 0 Å². The van der Waals surface area contributed by atoms with Gasteiger partial charge in [-0.2, -0.15) is 13.2 Å². The van der Waals surface area contributed by atoms with Gasteiger partial charge in [0, 0.05) is 32.7 Å². The van der Waals surface area contributed by atoms with Gasteiger partial charge in [0.1, 0.15) is 5.70 Å². The molecule has 1 fully saturated rings. The number of hydrogen-bond donors (Lipinski definition) is 1. The van der Waals surface area contributed by atoms with Gasteiger partial charge in [-0.05, 0) is 29.8 Å². The van der Waals surface area contributed by atoms with Crippen LogP contribution in [0.15, 0.2) is 60.3 Å². The van der Waals surface area contributed by atoms with E-state index in [2.05, 4.69) is 4.90 Å². The van der Waals surface area contributed by atoms with E-state index in [4.69, 9.17) is 5.11 Å². The molecule has 0 atom stereocenters. The summed E-state index contributed by atoms with van der Waals surface area (Å²) in [6.07, 6.45) is -4.51. The summed E-state index contributed by atoms with van der Waals surface area (Å²) >= 11 is 0. The van der Waals surface area contributed by atoms with E-state index in [0.717, 1.165) is 29.2 Å². The van der Waals surface area contributed by atoms with Crippen LogP contribution in [0, 0.1) is 0 Å². The standard InChI is InChI=1S/C23H22F3N3O3/c24-23(25,26)17-6-8-18(9-7-17)29-21(31)19(16-4-2-1-3-5-16)20(22(29)32)28-12-10-27(11-13-28)14-15-30/h1-9,30H,10-15H2. The molecule has 0 aromatic heterocycles. The predicted octanol–water partition coefficient (Wildman–Crippen LogP) is 2.60. The average Bonchev–Trinajstić information content (AvgIpc) is 3.04. The Morgan fingerprint density at radius 3 is 2.03 bits per heavy atom. The highest BCUT2D eigenvalue weighted by Crippen LogP contribution is 2.36. The van der Waals surface area contributed by atoms with Gasteiger partial charge in [-0.15, -0.1) is 0 Å². The van der Waals surface area contributed by atoms with E-state index in [-0.39, 0.29) is 23.6 Å². The Bertz CT molecular complexity index is 1030. The minimum atomic E-state index is -4.51. The van der Waals surface area contributed by atoms with Gasteiger partial charge < -0.3 is 10.0 Å². The van der Waals surface area contributed by atoms with Gasteiger partial charge in [-0.3, -0.25) is 14.5 Å². The van der Waals surface area contributed by atoms with Crippen molar-refractivity contribution in [3.63, 3.8) is 0 Å². The quantitative estimate of drug-likeness (QED) is 0.717. The first-order chi connectivity index (χ1) is 15.3. The summed E-state index contributed by atoms with van der Waals surface area (Å²) < 4.78 is 38.8. The normalized spacial score (nSPS) is 18.1. The Balaban J connectivity index is 1.69. The molecule has 32 heavy (non-hydrogen) atoms. The van der Waals surface area contributed by atoms with Crippen molar-refractivity contribution in [2.45, 2.75) is 6.18 Å². The second kappa shape index (κ2) is 8.76. The lowest BCUT2D eigenvalue weighted by Gasteiger charge is -2.36. The summed E-state index contributed by atoms with van der Waals surface area (Å²) in [5.41, 5.74) is 0.316. The summed E-state index contributed by atoms with van der Waals surface area (Å²) in [6, 6.07) is 12.8. The lowest BCUT2D eigenvalue weighted by Crippen LogP contribution is -2.48. The summed E-state index contributed by atoms with van der Waals surface area (Å²) in [5, 5.41) is 9.15. The number of aliphatic hydroxyl groups excluding tert-OH is 1. The number of aliphatic hydroxyl groups is 1. The van der Waals surface area contributed by atoms with E-state index in [1.54, 1.807) is 30.3 Å². The molecule has 1 N–H and O–H groups in total. The molecular formula is C23H22F3N3O3. The number of carbonyl (C=O) groups excluding carboxylic acids is 2. The number of piperazine rings is 1. The molecule has 2 amide bonds. The highest BCUT2D eigenvalue weighted by Gasteiger charge is 2.43. The maximum absolute atomic E-state index is 13.4. The van der Waals surface area contributed by atoms with Crippen LogP contribution in [0.25, 0.3) is 5.57 Å². The Labute approximate surface area is 183 Å². The van der Waals surface area contributed by atoms with Crippen molar-refractivity contribution >= 4 is 23.1 Å². The lowest BCUT2D eigenvalue weighted by atomic mass is 10.0. The number of halogens is 3. The van der Waals surface area contributed by atoms with Crippen LogP contribution >= 0.6 is 0 Å². The third-order valence-corrected chi connectivity index (χ3v) is 5.68. The Morgan fingerprint density at radius 2 is 1.47 bits per heavy atom. The van der Waals surface area contributed by atoms with E-state index in [0.29, 0.717) is 38.3 Å². The number of benzene rings is 2. The molecule has 0 spiro atoms. The second-order valence-electron chi connectivity index (χ2n) is 7.63. The number of alkyl halides is 3. The van der Waals surface area contributed by atoms with Crippen LogP contribution < -0.4 is 4.90 Å². The summed E-state index contributed by atoms with van der Waals surface area (Å²) in [5.74, 6) is -1.11. The van der Waals surface area contributed by atoms with E-state index in [1.165, 1.54) is 0 Å². The molecule has 2 aromatic rings. The van der Waals surface area contributed by atoms with Gasteiger partial charge in [0.05, 0.1) is 23.4 Å². The maximum Gasteiger partial charge on any atom is 0.416 e. The van der Waals surface area contributed by atoms with Crippen LogP contribution in [-0.4, -0.2) is 66.1 Å². The molecule has 4 rings (SSSR count). The third-order valence-electron chi connectivity index (χ3n) is 5.68. The van der Waals surface area contributed by atoms with Gasteiger partial charge in [0.25, 0.3) is 11.8 Å². The van der Waals surface area contributed by atoms with Crippen molar-refractivity contribution in [2.75, 3.05) is 44.2 Å². The number of rotatable bonds is 5. The van der Waals surface area contributed by atoms with Crippen LogP contribution in [0.4, 0.5) is 18.9 Å². The van der Waals surface area contributed by atoms with E-state index >= 15 is 0 Å². The summed E-state index contributed by atoms with van der Waals surface area (Å²) in [4.78, 5) is 31.6. The minimum absolute atomic E-state index is 0.0388. The number of carbonyl (C=O) groups is 2. The zero-order valence-corrected chi connectivity index (χ0v) is 17.2. The second-order valence-corrected chi connectivity index (χ2v) is 7.63. The largest absolute Gasteiger partial charge is 0.416 e. The fourth-order valence-electron chi connectivity index (χ4n) is 4.05. The Morgan fingerprint density at radius 1 is 0.844 bits per heavy atom. The molecule has 0 unspecified atom stereocenters. The van der Waals surface area contributed by atoms with Crippen molar-refractivity contribution in [1.82, 2.24) is 9.80 Å². The number of imide groups is 1. The molecule has 6 nitrogen and oxygen atoms in total. The zero-order valence-electron chi connectivity index (χ0n) is 17.2. The van der Waals surface area contributed by atoms with E-state index < -0.39 is 23.6 Å². The molecule has 0 saturated carbocycles. The first-order valence-electron chi connectivity index (χ1n) is 10.2. The third kappa shape index (κ3) is 4.13. The number of hydrogen-bond acceptors (Lipinski definition) is 5. The molecule has 9 heteroatoms. The summed E-state index contributed by atoms with van der Waals surface area (Å²) in [7, 11) is 0. The molecule has 2 aliphatic rings. The number of nitrogens with zero attached hydrogens (tertiary/aromatic N) is 3. The molecule has 1 saturated heterocycles. The molecule has 0 bridgehead atoms. The fourth-order valence-corrected chi connectivity index (χ4v) is 4.05. The van der Waals surface area contributed by atoms with Crippen LogP contribution in [0.1, 0.15) is 11.1 Å². The molecule has 2 heterocycles. The van der Waals surface area contributed by atoms with Gasteiger partial charge >= 0.3 is 6.18 Å². The average molecular weight is 445 g/mol. The molecular weight excluding hydrogens is 423 g/mol. The van der Waals surface area contributed by atoms with E-state index in [9.17, 15) is 22.8 Å². The number of β-amino-alcohol motifs (C(OH)–C–C–N with tert-alkyl or cyclic N) is 1. The summed E-state index contributed by atoms with van der Waals surface area (Å²) in [6.45, 7) is 2.79. The van der Waals surface area contributed by atoms with Crippen molar-refractivity contribution in [3.8, 4) is 0 Å². The van der Waals surface area contributed by atoms with E-state index in [1.807, 2.05) is 4.90 Å². The molecule has 0 aliphatic carbocycles. The fraction of sp³-hybridized carbons (Fsp3) is 0.304. The first kappa shape index (κ1) is 22.0. The Hall–Kier alpha value is -3.17. The monoisotopic (exact) mass is 445 g/mol. The molecule has 168 valence electrons. The topological polar surface area (TPSA) is 64.1 Å². The smallest absolute Gasteiger partial charge is 0.395 e. The van der Waals surface area contributed by atoms with Crippen LogP contribution in [0.5, 0.6) is 0 Å². The first-order valence-corrected chi connectivity index (χ1v) is 10.2. The molecule has 2 aliphatic heterocycles. The van der Waals surface area contributed by atoms with Gasteiger partial charge in [-0.25, -0.2) is 4.90 Å². The lowest BCUT2D eigenvalue weighted by molar-refractivity contribution is -0.137. The highest BCUT2D eigenvalue weighted by molar-refractivity contribution is 6.45. The molecule has 2 aromatic carbocycles. The van der Waals surface area contributed by atoms with Crippen molar-refractivity contribution in [2.24, 2.45) is 0 Å². The number of anilines is 1. The highest BCUT2D eigenvalue weighted by atomic mass is 19.4. The van der Waals surface area contributed by atoms with Crippen molar-refractivity contribution in [1.29, 1.82) is 0 Å². The Kier molecular flexibility index (Phi) is 6.03. The zero-order chi connectivity index (χ0) is 22.9. The van der Waals surface area contributed by atoms with Crippen LogP contribution in [-0.2, 0) is 15.8 Å². The SMILES string of the molecule is O=C1C(c2ccccc2)=C(N2CCN(CCO)CC2)C(=O)N1c1ccc(C(F)(F)F)cc1. The van der Waals surface area contributed by atoms with Gasteiger partial charge in [-0.1, -0.05) is 30.3 Å². The van der Waals surface area contributed by atoms with Crippen molar-refractivity contribution in [3.05, 3.63) is 71.4 Å². The maximum atomic E-state index is 13.4.